The van der Waals surface area contributed by atoms with E-state index in [0.29, 0.717) is 10.7 Å². The molecule has 1 fully saturated rings. The number of guanidine groups is 1. The fourth-order valence-corrected chi connectivity index (χ4v) is 3.64. The van der Waals surface area contributed by atoms with Crippen molar-refractivity contribution >= 4 is 22.4 Å². The van der Waals surface area contributed by atoms with E-state index in [2.05, 4.69) is 25.8 Å². The van der Waals surface area contributed by atoms with E-state index in [1.54, 1.807) is 6.07 Å². The van der Waals surface area contributed by atoms with Crippen molar-refractivity contribution in [1.82, 2.24) is 20.8 Å². The molecule has 0 saturated carbocycles. The van der Waals surface area contributed by atoms with Crippen LogP contribution >= 0.6 is 11.3 Å². The summed E-state index contributed by atoms with van der Waals surface area (Å²) in [4.78, 5) is 4.39. The van der Waals surface area contributed by atoms with Crippen LogP contribution in [0.5, 0.6) is 0 Å². The molecule has 2 N–H and O–H groups in total. The van der Waals surface area contributed by atoms with E-state index < -0.39 is 0 Å². The van der Waals surface area contributed by atoms with Gasteiger partial charge in [-0.25, -0.2) is 4.39 Å². The maximum absolute atomic E-state index is 14.6. The van der Waals surface area contributed by atoms with Gasteiger partial charge in [-0.3, -0.25) is 0 Å². The second-order valence-electron chi connectivity index (χ2n) is 6.06. The fourth-order valence-electron chi connectivity index (χ4n) is 2.84. The van der Waals surface area contributed by atoms with Crippen LogP contribution in [-0.4, -0.2) is 29.2 Å². The van der Waals surface area contributed by atoms with Crippen LogP contribution in [-0.2, 0) is 0 Å². The van der Waals surface area contributed by atoms with Gasteiger partial charge in [-0.1, -0.05) is 60.7 Å². The van der Waals surface area contributed by atoms with Crippen molar-refractivity contribution in [2.45, 2.75) is 12.8 Å². The second-order valence-corrected chi connectivity index (χ2v) is 7.05. The van der Waals surface area contributed by atoms with Crippen molar-refractivity contribution in [2.24, 2.45) is 4.99 Å². The standard InChI is InChI=1S/C19H18FN5S/c1-12(17-24-25-19(26-17)23-18-21-9-10-22-18)14-7-8-15(16(20)11-14)13-5-3-2-4-6-13/h2-8,11-12H,9-10H2,1H3,(H2,21,22,23,25). The quantitative estimate of drug-likeness (QED) is 0.738. The highest BCUT2D eigenvalue weighted by molar-refractivity contribution is 7.15. The zero-order valence-corrected chi connectivity index (χ0v) is 15.1. The third-order valence-electron chi connectivity index (χ3n) is 4.30. The molecule has 132 valence electrons. The van der Waals surface area contributed by atoms with Crippen LogP contribution in [0.1, 0.15) is 23.4 Å². The first kappa shape index (κ1) is 16.7. The summed E-state index contributed by atoms with van der Waals surface area (Å²) in [5.41, 5.74) is 2.34. The molecule has 3 aromatic rings. The lowest BCUT2D eigenvalue weighted by atomic mass is 9.97. The predicted octanol–water partition coefficient (Wildman–Crippen LogP) is 3.68. The maximum Gasteiger partial charge on any atom is 0.234 e. The Hall–Kier alpha value is -2.80. The van der Waals surface area contributed by atoms with Gasteiger partial charge in [0.25, 0.3) is 0 Å². The van der Waals surface area contributed by atoms with Crippen molar-refractivity contribution in [3.05, 3.63) is 64.9 Å². The van der Waals surface area contributed by atoms with Gasteiger partial charge in [0, 0.05) is 24.6 Å². The lowest BCUT2D eigenvalue weighted by Crippen LogP contribution is -2.23. The molecule has 4 rings (SSSR count). The van der Waals surface area contributed by atoms with Gasteiger partial charge in [-0.05, 0) is 17.2 Å². The van der Waals surface area contributed by atoms with Crippen molar-refractivity contribution in [3.8, 4) is 11.1 Å². The van der Waals surface area contributed by atoms with Crippen LogP contribution in [0.3, 0.4) is 0 Å². The van der Waals surface area contributed by atoms with Crippen molar-refractivity contribution in [3.63, 3.8) is 0 Å². The van der Waals surface area contributed by atoms with Gasteiger partial charge in [0.05, 0.1) is 0 Å². The third-order valence-corrected chi connectivity index (χ3v) is 5.30. The Morgan fingerprint density at radius 3 is 2.58 bits per heavy atom. The van der Waals surface area contributed by atoms with Gasteiger partial charge in [-0.2, -0.15) is 4.99 Å². The Morgan fingerprint density at radius 1 is 1.08 bits per heavy atom. The molecule has 5 nitrogen and oxygen atoms in total. The number of rotatable bonds is 4. The normalized spacial score (nSPS) is 14.6. The summed E-state index contributed by atoms with van der Waals surface area (Å²) in [5.74, 6) is 0.439. The lowest BCUT2D eigenvalue weighted by molar-refractivity contribution is 0.627. The van der Waals surface area contributed by atoms with Crippen LogP contribution < -0.4 is 10.6 Å². The predicted molar refractivity (Wildman–Crippen MR) is 102 cm³/mol. The molecule has 1 atom stereocenters. The first-order valence-electron chi connectivity index (χ1n) is 8.45. The molecule has 0 aliphatic carbocycles. The molecule has 1 unspecified atom stereocenters. The number of nitrogens with zero attached hydrogens (tertiary/aromatic N) is 3. The summed E-state index contributed by atoms with van der Waals surface area (Å²) in [5, 5.41) is 16.0. The van der Waals surface area contributed by atoms with Crippen molar-refractivity contribution in [2.75, 3.05) is 13.1 Å². The van der Waals surface area contributed by atoms with E-state index in [-0.39, 0.29) is 11.7 Å². The molecule has 2 aromatic carbocycles. The average Bonchev–Trinajstić information content (AvgIpc) is 3.34. The van der Waals surface area contributed by atoms with E-state index in [4.69, 9.17) is 0 Å². The zero-order valence-electron chi connectivity index (χ0n) is 14.2. The zero-order chi connectivity index (χ0) is 17.9. The van der Waals surface area contributed by atoms with E-state index >= 15 is 0 Å². The van der Waals surface area contributed by atoms with Gasteiger partial charge < -0.3 is 10.6 Å². The Morgan fingerprint density at radius 2 is 1.85 bits per heavy atom. The number of hydrogen-bond donors (Lipinski definition) is 2. The molecule has 1 aliphatic rings. The average molecular weight is 367 g/mol. The Labute approximate surface area is 155 Å². The van der Waals surface area contributed by atoms with Gasteiger partial charge in [0.2, 0.25) is 5.13 Å². The Kier molecular flexibility index (Phi) is 4.62. The molecule has 0 bridgehead atoms. The number of hydrogen-bond acceptors (Lipinski definition) is 4. The highest BCUT2D eigenvalue weighted by atomic mass is 32.1. The number of aliphatic imine (C=N–C) groups is 1. The SMILES string of the molecule is CC(c1ccc(-c2ccccc2)c(F)c1)c1nnc(N=C2NCCN2)s1. The van der Waals surface area contributed by atoms with E-state index in [0.717, 1.165) is 35.2 Å². The molecule has 0 spiro atoms. The summed E-state index contributed by atoms with van der Waals surface area (Å²) >= 11 is 1.42. The van der Waals surface area contributed by atoms with Gasteiger partial charge in [-0.15, -0.1) is 10.2 Å². The van der Waals surface area contributed by atoms with Crippen molar-refractivity contribution < 1.29 is 4.39 Å². The van der Waals surface area contributed by atoms with Crippen molar-refractivity contribution in [1.29, 1.82) is 0 Å². The Bertz CT molecular complexity index is 930. The fraction of sp³-hybridized carbons (Fsp3) is 0.211. The minimum atomic E-state index is -0.232. The monoisotopic (exact) mass is 367 g/mol. The van der Waals surface area contributed by atoms with Crippen LogP contribution in [0.15, 0.2) is 53.5 Å². The maximum atomic E-state index is 14.6. The summed E-state index contributed by atoms with van der Waals surface area (Å²) in [6.45, 7) is 3.71. The molecule has 1 aliphatic heterocycles. The van der Waals surface area contributed by atoms with Crippen LogP contribution in [0, 0.1) is 5.82 Å². The summed E-state index contributed by atoms with van der Waals surface area (Å²) in [6.07, 6.45) is 0. The highest BCUT2D eigenvalue weighted by Crippen LogP contribution is 2.32. The third kappa shape index (κ3) is 3.43. The van der Waals surface area contributed by atoms with Crippen LogP contribution in [0.4, 0.5) is 9.52 Å². The first-order chi connectivity index (χ1) is 12.7. The largest absolute Gasteiger partial charge is 0.354 e. The van der Waals surface area contributed by atoms with Gasteiger partial charge >= 0.3 is 0 Å². The molecule has 1 aromatic heterocycles. The van der Waals surface area contributed by atoms with E-state index in [1.807, 2.05) is 49.4 Å². The van der Waals surface area contributed by atoms with E-state index in [9.17, 15) is 4.39 Å². The smallest absolute Gasteiger partial charge is 0.234 e. The number of aromatic nitrogens is 2. The molecule has 0 amide bonds. The van der Waals surface area contributed by atoms with Gasteiger partial charge in [0.15, 0.2) is 5.96 Å². The number of halogens is 1. The first-order valence-corrected chi connectivity index (χ1v) is 9.27. The van der Waals surface area contributed by atoms with Crippen LogP contribution in [0.25, 0.3) is 11.1 Å². The molecule has 1 saturated heterocycles. The van der Waals surface area contributed by atoms with E-state index in [1.165, 1.54) is 11.3 Å². The number of benzene rings is 2. The second kappa shape index (κ2) is 7.21. The summed E-state index contributed by atoms with van der Waals surface area (Å²) in [7, 11) is 0. The van der Waals surface area contributed by atoms with Crippen LogP contribution in [0.2, 0.25) is 0 Å². The Balaban J connectivity index is 1.57. The topological polar surface area (TPSA) is 62.2 Å². The molecule has 26 heavy (non-hydrogen) atoms. The van der Waals surface area contributed by atoms with Gasteiger partial charge in [0.1, 0.15) is 10.8 Å². The lowest BCUT2D eigenvalue weighted by Gasteiger charge is -2.10. The minimum absolute atomic E-state index is 0.0507. The molecular weight excluding hydrogens is 349 g/mol. The number of nitrogens with one attached hydrogen (secondary N) is 2. The summed E-state index contributed by atoms with van der Waals surface area (Å²) in [6, 6.07) is 14.9. The molecular formula is C19H18FN5S. The highest BCUT2D eigenvalue weighted by Gasteiger charge is 2.17. The summed E-state index contributed by atoms with van der Waals surface area (Å²) < 4.78 is 14.6. The molecule has 2 heterocycles. The molecule has 0 radical (unpaired) electrons. The minimum Gasteiger partial charge on any atom is -0.354 e. The molecule has 7 heteroatoms.